The summed E-state index contributed by atoms with van der Waals surface area (Å²) in [5.41, 5.74) is 6.87. The third-order valence-electron chi connectivity index (χ3n) is 3.41. The van der Waals surface area contributed by atoms with Gasteiger partial charge >= 0.3 is 6.18 Å². The third kappa shape index (κ3) is 2.92. The van der Waals surface area contributed by atoms with Gasteiger partial charge in [0.25, 0.3) is 0 Å². The Labute approximate surface area is 109 Å². The van der Waals surface area contributed by atoms with Gasteiger partial charge in [-0.2, -0.15) is 18.4 Å². The zero-order chi connectivity index (χ0) is 14.0. The van der Waals surface area contributed by atoms with E-state index in [2.05, 4.69) is 0 Å². The van der Waals surface area contributed by atoms with Crippen LogP contribution in [0.25, 0.3) is 0 Å². The molecule has 1 aromatic rings. The Kier molecular flexibility index (Phi) is 3.56. The Morgan fingerprint density at radius 3 is 2.74 bits per heavy atom. The minimum atomic E-state index is -4.16. The highest BCUT2D eigenvalue weighted by atomic mass is 19.4. The molecule has 6 heteroatoms. The zero-order valence-corrected chi connectivity index (χ0v) is 10.2. The molecular formula is C13H14F3N3. The van der Waals surface area contributed by atoms with Crippen molar-refractivity contribution in [3.8, 4) is 6.07 Å². The predicted octanol–water partition coefficient (Wildman–Crippen LogP) is 2.92. The van der Waals surface area contributed by atoms with Gasteiger partial charge < -0.3 is 10.6 Å². The number of anilines is 2. The molecule has 19 heavy (non-hydrogen) atoms. The maximum absolute atomic E-state index is 12.7. The first-order valence-electron chi connectivity index (χ1n) is 6.03. The maximum Gasteiger partial charge on any atom is 0.393 e. The van der Waals surface area contributed by atoms with Gasteiger partial charge in [0.2, 0.25) is 0 Å². The van der Waals surface area contributed by atoms with Gasteiger partial charge in [-0.3, -0.25) is 0 Å². The van der Waals surface area contributed by atoms with E-state index in [9.17, 15) is 13.2 Å². The molecule has 1 fully saturated rings. The van der Waals surface area contributed by atoms with Gasteiger partial charge in [0.05, 0.1) is 11.5 Å². The first kappa shape index (κ1) is 13.5. The molecule has 1 aromatic carbocycles. The number of rotatable bonds is 1. The smallest absolute Gasteiger partial charge is 0.393 e. The minimum Gasteiger partial charge on any atom is -0.398 e. The normalized spacial score (nSPS) is 20.1. The lowest BCUT2D eigenvalue weighted by atomic mass is 9.97. The average Bonchev–Trinajstić information content (AvgIpc) is 2.38. The van der Waals surface area contributed by atoms with Gasteiger partial charge in [0, 0.05) is 24.5 Å². The summed E-state index contributed by atoms with van der Waals surface area (Å²) in [5.74, 6) is -1.30. The fourth-order valence-corrected chi connectivity index (χ4v) is 2.32. The largest absolute Gasteiger partial charge is 0.398 e. The quantitative estimate of drug-likeness (QED) is 0.797. The summed E-state index contributed by atoms with van der Waals surface area (Å²) in [5, 5.41) is 8.89. The standard InChI is InChI=1S/C13H14F3N3/c14-13(15,16)10-2-1-5-19(8-10)11-3-4-12(18)9(6-11)7-17/h3-4,6,10H,1-2,5,8,18H2. The maximum atomic E-state index is 12.7. The Morgan fingerprint density at radius 1 is 1.37 bits per heavy atom. The number of benzene rings is 1. The number of halogens is 3. The predicted molar refractivity (Wildman–Crippen MR) is 66.6 cm³/mol. The lowest BCUT2D eigenvalue weighted by Crippen LogP contribution is -2.41. The molecule has 1 atom stereocenters. The van der Waals surface area contributed by atoms with Crippen LogP contribution < -0.4 is 10.6 Å². The summed E-state index contributed by atoms with van der Waals surface area (Å²) in [7, 11) is 0. The van der Waals surface area contributed by atoms with E-state index in [1.807, 2.05) is 6.07 Å². The van der Waals surface area contributed by atoms with Crippen LogP contribution >= 0.6 is 0 Å². The second-order valence-corrected chi connectivity index (χ2v) is 4.71. The number of alkyl halides is 3. The van der Waals surface area contributed by atoms with Crippen LogP contribution in [0.2, 0.25) is 0 Å². The number of nitriles is 1. The molecule has 1 heterocycles. The molecular weight excluding hydrogens is 255 g/mol. The van der Waals surface area contributed by atoms with Crippen LogP contribution in [0.1, 0.15) is 18.4 Å². The summed E-state index contributed by atoms with van der Waals surface area (Å²) in [4.78, 5) is 1.67. The molecule has 1 unspecified atom stereocenters. The van der Waals surface area contributed by atoms with Gasteiger partial charge in [0.15, 0.2) is 0 Å². The van der Waals surface area contributed by atoms with Gasteiger partial charge in [-0.1, -0.05) is 0 Å². The van der Waals surface area contributed by atoms with Crippen LogP contribution in [0.4, 0.5) is 24.5 Å². The molecule has 3 nitrogen and oxygen atoms in total. The van der Waals surface area contributed by atoms with Gasteiger partial charge in [-0.05, 0) is 31.0 Å². The van der Waals surface area contributed by atoms with Crippen molar-refractivity contribution in [3.05, 3.63) is 23.8 Å². The van der Waals surface area contributed by atoms with Crippen molar-refractivity contribution < 1.29 is 13.2 Å². The van der Waals surface area contributed by atoms with Crippen LogP contribution in [-0.2, 0) is 0 Å². The molecule has 0 bridgehead atoms. The van der Waals surface area contributed by atoms with E-state index in [4.69, 9.17) is 11.0 Å². The minimum absolute atomic E-state index is 0.0573. The van der Waals surface area contributed by atoms with Crippen molar-refractivity contribution in [1.82, 2.24) is 0 Å². The van der Waals surface area contributed by atoms with E-state index < -0.39 is 12.1 Å². The van der Waals surface area contributed by atoms with E-state index >= 15 is 0 Å². The van der Waals surface area contributed by atoms with E-state index in [0.717, 1.165) is 0 Å². The topological polar surface area (TPSA) is 53.0 Å². The fourth-order valence-electron chi connectivity index (χ4n) is 2.32. The molecule has 102 valence electrons. The highest BCUT2D eigenvalue weighted by molar-refractivity contribution is 5.62. The first-order valence-corrected chi connectivity index (χ1v) is 6.03. The molecule has 1 saturated heterocycles. The number of nitrogens with two attached hydrogens (primary N) is 1. The lowest BCUT2D eigenvalue weighted by Gasteiger charge is -2.35. The molecule has 0 radical (unpaired) electrons. The van der Waals surface area contributed by atoms with Gasteiger partial charge in [-0.25, -0.2) is 0 Å². The SMILES string of the molecule is N#Cc1cc(N2CCCC(C(F)(F)F)C2)ccc1N. The van der Waals surface area contributed by atoms with Crippen molar-refractivity contribution >= 4 is 11.4 Å². The highest BCUT2D eigenvalue weighted by Gasteiger charge is 2.41. The molecule has 0 amide bonds. The molecule has 1 aliphatic heterocycles. The van der Waals surface area contributed by atoms with Gasteiger partial charge in [-0.15, -0.1) is 0 Å². The van der Waals surface area contributed by atoms with Crippen molar-refractivity contribution in [2.75, 3.05) is 23.7 Å². The molecule has 0 spiro atoms. The van der Waals surface area contributed by atoms with Crippen LogP contribution in [0.5, 0.6) is 0 Å². The number of hydrogen-bond donors (Lipinski definition) is 1. The summed E-state index contributed by atoms with van der Waals surface area (Å²) in [6.45, 7) is 0.514. The number of nitrogens with zero attached hydrogens (tertiary/aromatic N) is 2. The second-order valence-electron chi connectivity index (χ2n) is 4.71. The van der Waals surface area contributed by atoms with E-state index in [1.54, 1.807) is 23.1 Å². The van der Waals surface area contributed by atoms with Crippen molar-refractivity contribution in [3.63, 3.8) is 0 Å². The zero-order valence-electron chi connectivity index (χ0n) is 10.2. The van der Waals surface area contributed by atoms with E-state index in [1.165, 1.54) is 0 Å². The lowest BCUT2D eigenvalue weighted by molar-refractivity contribution is -0.175. The summed E-state index contributed by atoms with van der Waals surface area (Å²) in [6.07, 6.45) is -3.50. The molecule has 2 rings (SSSR count). The summed E-state index contributed by atoms with van der Waals surface area (Å²) < 4.78 is 38.2. The number of nitrogen functional groups attached to an aromatic ring is 1. The summed E-state index contributed by atoms with van der Waals surface area (Å²) in [6, 6.07) is 6.71. The van der Waals surface area contributed by atoms with Crippen LogP contribution in [0.3, 0.4) is 0 Å². The van der Waals surface area contributed by atoms with Crippen molar-refractivity contribution in [1.29, 1.82) is 5.26 Å². The highest BCUT2D eigenvalue weighted by Crippen LogP contribution is 2.35. The van der Waals surface area contributed by atoms with Crippen molar-refractivity contribution in [2.24, 2.45) is 5.92 Å². The van der Waals surface area contributed by atoms with Crippen LogP contribution in [-0.4, -0.2) is 19.3 Å². The Bertz CT molecular complexity index is 505. The van der Waals surface area contributed by atoms with E-state index in [-0.39, 0.29) is 13.0 Å². The third-order valence-corrected chi connectivity index (χ3v) is 3.41. The Balaban J connectivity index is 2.20. The van der Waals surface area contributed by atoms with E-state index in [0.29, 0.717) is 29.9 Å². The number of piperidine rings is 1. The monoisotopic (exact) mass is 269 g/mol. The van der Waals surface area contributed by atoms with Crippen LogP contribution in [0.15, 0.2) is 18.2 Å². The molecule has 0 aliphatic carbocycles. The fraction of sp³-hybridized carbons (Fsp3) is 0.462. The van der Waals surface area contributed by atoms with Crippen molar-refractivity contribution in [2.45, 2.75) is 19.0 Å². The Hall–Kier alpha value is -1.90. The Morgan fingerprint density at radius 2 is 2.11 bits per heavy atom. The molecule has 1 aliphatic rings. The van der Waals surface area contributed by atoms with Gasteiger partial charge in [0.1, 0.15) is 6.07 Å². The summed E-state index contributed by atoms with van der Waals surface area (Å²) >= 11 is 0. The average molecular weight is 269 g/mol. The number of hydrogen-bond acceptors (Lipinski definition) is 3. The first-order chi connectivity index (χ1) is 8.91. The van der Waals surface area contributed by atoms with Crippen LogP contribution in [0, 0.1) is 17.2 Å². The second kappa shape index (κ2) is 5.00. The molecule has 0 saturated carbocycles. The molecule has 2 N–H and O–H groups in total. The molecule has 0 aromatic heterocycles.